The summed E-state index contributed by atoms with van der Waals surface area (Å²) < 4.78 is 10.0. The number of nitrogens with one attached hydrogen (secondary N) is 1. The van der Waals surface area contributed by atoms with Crippen LogP contribution in [0.4, 0.5) is 5.82 Å². The maximum absolute atomic E-state index is 11.3. The first-order valence-electron chi connectivity index (χ1n) is 6.50. The molecule has 0 aliphatic carbocycles. The average Bonchev–Trinajstić information content (AvgIpc) is 2.46. The van der Waals surface area contributed by atoms with Crippen LogP contribution in [0.15, 0.2) is 12.4 Å². The van der Waals surface area contributed by atoms with E-state index in [9.17, 15) is 4.79 Å². The van der Waals surface area contributed by atoms with Gasteiger partial charge < -0.3 is 14.8 Å². The van der Waals surface area contributed by atoms with Crippen LogP contribution in [-0.2, 0) is 9.47 Å². The van der Waals surface area contributed by atoms with Gasteiger partial charge in [0.1, 0.15) is 5.82 Å². The number of hydrogen-bond acceptors (Lipinski definition) is 6. The van der Waals surface area contributed by atoms with E-state index < -0.39 is 5.97 Å². The van der Waals surface area contributed by atoms with Crippen LogP contribution in [0.3, 0.4) is 0 Å². The molecule has 6 heteroatoms. The van der Waals surface area contributed by atoms with Gasteiger partial charge in [0, 0.05) is 19.8 Å². The third-order valence-electron chi connectivity index (χ3n) is 2.44. The van der Waals surface area contributed by atoms with Gasteiger partial charge in [-0.15, -0.1) is 0 Å². The number of methoxy groups -OCH3 is 1. The molecule has 0 aliphatic rings. The Kier molecular flexibility index (Phi) is 7.50. The molecule has 1 rings (SSSR count). The van der Waals surface area contributed by atoms with E-state index >= 15 is 0 Å². The van der Waals surface area contributed by atoms with Gasteiger partial charge in [-0.25, -0.2) is 9.78 Å². The van der Waals surface area contributed by atoms with Crippen LogP contribution in [0.2, 0.25) is 0 Å². The van der Waals surface area contributed by atoms with Crippen molar-refractivity contribution in [2.45, 2.75) is 26.2 Å². The first-order valence-corrected chi connectivity index (χ1v) is 6.50. The number of esters is 1. The zero-order valence-corrected chi connectivity index (χ0v) is 11.5. The lowest BCUT2D eigenvalue weighted by atomic mass is 10.3. The van der Waals surface area contributed by atoms with Gasteiger partial charge in [0.15, 0.2) is 5.69 Å². The molecule has 0 fully saturated rings. The molecule has 6 nitrogen and oxygen atoms in total. The number of aromatic nitrogens is 2. The Balaban J connectivity index is 2.24. The zero-order valence-electron chi connectivity index (χ0n) is 11.5. The molecular formula is C13H21N3O3. The van der Waals surface area contributed by atoms with Crippen LogP contribution in [0.5, 0.6) is 0 Å². The maximum Gasteiger partial charge on any atom is 0.358 e. The van der Waals surface area contributed by atoms with Crippen LogP contribution < -0.4 is 5.32 Å². The van der Waals surface area contributed by atoms with E-state index in [1.54, 1.807) is 6.20 Å². The van der Waals surface area contributed by atoms with E-state index in [4.69, 9.17) is 4.74 Å². The molecule has 0 bridgehead atoms. The van der Waals surface area contributed by atoms with Crippen LogP contribution >= 0.6 is 0 Å². The quantitative estimate of drug-likeness (QED) is 0.544. The highest BCUT2D eigenvalue weighted by Gasteiger charge is 2.07. The number of carbonyl (C=O) groups excluding carboxylic acids is 1. The second kappa shape index (κ2) is 9.27. The fourth-order valence-electron chi connectivity index (χ4n) is 1.39. The number of unbranched alkanes of at least 4 members (excludes halogenated alkanes) is 1. The summed E-state index contributed by atoms with van der Waals surface area (Å²) in [6.45, 7) is 4.40. The van der Waals surface area contributed by atoms with Gasteiger partial charge in [-0.05, 0) is 12.8 Å². The van der Waals surface area contributed by atoms with Crippen LogP contribution in [0, 0.1) is 0 Å². The summed E-state index contributed by atoms with van der Waals surface area (Å²) in [6.07, 6.45) is 6.08. The normalized spacial score (nSPS) is 10.2. The van der Waals surface area contributed by atoms with Crippen molar-refractivity contribution in [3.8, 4) is 0 Å². The molecule has 106 valence electrons. The standard InChI is InChI=1S/C13H21N3O3/c1-3-4-7-19-8-5-6-15-12-10-14-9-11(16-12)13(17)18-2/h9-10H,3-8H2,1-2H3,(H,15,16). The molecule has 0 aliphatic heterocycles. The van der Waals surface area contributed by atoms with E-state index in [0.717, 1.165) is 39.0 Å². The van der Waals surface area contributed by atoms with Crippen molar-refractivity contribution >= 4 is 11.8 Å². The monoisotopic (exact) mass is 267 g/mol. The Labute approximate surface area is 113 Å². The zero-order chi connectivity index (χ0) is 13.9. The summed E-state index contributed by atoms with van der Waals surface area (Å²) in [5, 5.41) is 3.09. The number of ether oxygens (including phenoxy) is 2. The molecule has 0 aromatic carbocycles. The van der Waals surface area contributed by atoms with Crippen molar-refractivity contribution in [3.05, 3.63) is 18.1 Å². The smallest absolute Gasteiger partial charge is 0.358 e. The molecule has 0 amide bonds. The number of carbonyl (C=O) groups is 1. The summed E-state index contributed by atoms with van der Waals surface area (Å²) in [5.41, 5.74) is 0.201. The van der Waals surface area contributed by atoms with Crippen molar-refractivity contribution in [3.63, 3.8) is 0 Å². The lowest BCUT2D eigenvalue weighted by Gasteiger charge is -2.06. The number of rotatable bonds is 9. The Morgan fingerprint density at radius 2 is 2.11 bits per heavy atom. The lowest BCUT2D eigenvalue weighted by molar-refractivity contribution is 0.0593. The fourth-order valence-corrected chi connectivity index (χ4v) is 1.39. The summed E-state index contributed by atoms with van der Waals surface area (Å²) in [7, 11) is 1.32. The van der Waals surface area contributed by atoms with Gasteiger partial charge in [0.05, 0.1) is 19.5 Å². The van der Waals surface area contributed by atoms with Gasteiger partial charge in [0.2, 0.25) is 0 Å². The molecular weight excluding hydrogens is 246 g/mol. The Morgan fingerprint density at radius 1 is 1.32 bits per heavy atom. The van der Waals surface area contributed by atoms with Crippen molar-refractivity contribution in [2.75, 3.05) is 32.2 Å². The second-order valence-electron chi connectivity index (χ2n) is 4.03. The Bertz CT molecular complexity index is 385. The molecule has 1 aromatic heterocycles. The van der Waals surface area contributed by atoms with Crippen molar-refractivity contribution < 1.29 is 14.3 Å². The molecule has 0 unspecified atom stereocenters. The van der Waals surface area contributed by atoms with Crippen LogP contribution in [-0.4, -0.2) is 42.8 Å². The molecule has 1 heterocycles. The third-order valence-corrected chi connectivity index (χ3v) is 2.44. The van der Waals surface area contributed by atoms with E-state index in [2.05, 4.69) is 26.9 Å². The highest BCUT2D eigenvalue weighted by molar-refractivity contribution is 5.87. The van der Waals surface area contributed by atoms with Gasteiger partial charge in [-0.3, -0.25) is 4.98 Å². The maximum atomic E-state index is 11.3. The van der Waals surface area contributed by atoms with Crippen LogP contribution in [0.25, 0.3) is 0 Å². The van der Waals surface area contributed by atoms with Gasteiger partial charge in [-0.1, -0.05) is 13.3 Å². The third kappa shape index (κ3) is 6.15. The summed E-state index contributed by atoms with van der Waals surface area (Å²) in [4.78, 5) is 19.3. The number of nitrogens with zero attached hydrogens (tertiary/aromatic N) is 2. The predicted molar refractivity (Wildman–Crippen MR) is 72.2 cm³/mol. The molecule has 19 heavy (non-hydrogen) atoms. The average molecular weight is 267 g/mol. The minimum atomic E-state index is -0.487. The molecule has 0 atom stereocenters. The van der Waals surface area contributed by atoms with E-state index in [1.807, 2.05) is 0 Å². The predicted octanol–water partition coefficient (Wildman–Crippen LogP) is 1.88. The van der Waals surface area contributed by atoms with E-state index in [1.165, 1.54) is 13.3 Å². The van der Waals surface area contributed by atoms with Crippen LogP contribution in [0.1, 0.15) is 36.7 Å². The number of hydrogen-bond donors (Lipinski definition) is 1. The first-order chi connectivity index (χ1) is 9.27. The van der Waals surface area contributed by atoms with Gasteiger partial charge >= 0.3 is 5.97 Å². The molecule has 0 saturated carbocycles. The van der Waals surface area contributed by atoms with Crippen molar-refractivity contribution in [1.82, 2.24) is 9.97 Å². The van der Waals surface area contributed by atoms with E-state index in [-0.39, 0.29) is 5.69 Å². The fraction of sp³-hybridized carbons (Fsp3) is 0.615. The number of anilines is 1. The molecule has 0 saturated heterocycles. The highest BCUT2D eigenvalue weighted by atomic mass is 16.5. The topological polar surface area (TPSA) is 73.3 Å². The van der Waals surface area contributed by atoms with Gasteiger partial charge in [-0.2, -0.15) is 0 Å². The minimum Gasteiger partial charge on any atom is -0.464 e. The summed E-state index contributed by atoms with van der Waals surface area (Å²) in [5.74, 6) is 0.0792. The summed E-state index contributed by atoms with van der Waals surface area (Å²) >= 11 is 0. The second-order valence-corrected chi connectivity index (χ2v) is 4.03. The Hall–Kier alpha value is -1.69. The SMILES string of the molecule is CCCCOCCCNc1cncc(C(=O)OC)n1. The van der Waals surface area contributed by atoms with Crippen molar-refractivity contribution in [1.29, 1.82) is 0 Å². The largest absolute Gasteiger partial charge is 0.464 e. The first kappa shape index (κ1) is 15.4. The molecule has 1 N–H and O–H groups in total. The highest BCUT2D eigenvalue weighted by Crippen LogP contribution is 2.03. The van der Waals surface area contributed by atoms with Gasteiger partial charge in [0.25, 0.3) is 0 Å². The summed E-state index contributed by atoms with van der Waals surface area (Å²) in [6, 6.07) is 0. The lowest BCUT2D eigenvalue weighted by Crippen LogP contribution is -2.10. The Morgan fingerprint density at radius 3 is 2.84 bits per heavy atom. The molecule has 0 spiro atoms. The molecule has 0 radical (unpaired) electrons. The minimum absolute atomic E-state index is 0.201. The van der Waals surface area contributed by atoms with Crippen molar-refractivity contribution in [2.24, 2.45) is 0 Å². The van der Waals surface area contributed by atoms with E-state index in [0.29, 0.717) is 5.82 Å². The molecule has 1 aromatic rings.